The van der Waals surface area contributed by atoms with E-state index in [1.165, 1.54) is 6.07 Å². The van der Waals surface area contributed by atoms with Crippen LogP contribution >= 0.6 is 0 Å². The lowest BCUT2D eigenvalue weighted by atomic mass is 10.1. The topological polar surface area (TPSA) is 87.8 Å². The normalized spacial score (nSPS) is 19.3. The number of nitrogens with one attached hydrogen (secondary N) is 1. The average Bonchev–Trinajstić information content (AvgIpc) is 3.32. The second-order valence-corrected chi connectivity index (χ2v) is 11.1. The number of hydrogen-bond donors (Lipinski definition) is 1. The highest BCUT2D eigenvalue weighted by molar-refractivity contribution is 7.89. The number of benzene rings is 1. The van der Waals surface area contributed by atoms with Crippen molar-refractivity contribution in [2.75, 3.05) is 0 Å². The van der Waals surface area contributed by atoms with Gasteiger partial charge >= 0.3 is 6.18 Å². The molecule has 1 aliphatic carbocycles. The highest BCUT2D eigenvalue weighted by Gasteiger charge is 2.49. The Morgan fingerprint density at radius 3 is 2.43 bits per heavy atom. The van der Waals surface area contributed by atoms with E-state index in [-0.39, 0.29) is 18.2 Å². The molecule has 0 radical (unpaired) electrons. The van der Waals surface area contributed by atoms with Gasteiger partial charge < -0.3 is 4.57 Å². The molecule has 0 amide bonds. The number of pyridine rings is 1. The van der Waals surface area contributed by atoms with Gasteiger partial charge in [0, 0.05) is 17.6 Å². The molecular weight excluding hydrogens is 484 g/mol. The Labute approximate surface area is 200 Å². The van der Waals surface area contributed by atoms with E-state index in [0.29, 0.717) is 29.5 Å². The molecule has 11 heteroatoms. The van der Waals surface area contributed by atoms with Gasteiger partial charge in [-0.2, -0.15) is 23.2 Å². The first-order valence-electron chi connectivity index (χ1n) is 11.0. The van der Waals surface area contributed by atoms with Crippen LogP contribution in [0.15, 0.2) is 41.4 Å². The van der Waals surface area contributed by atoms with Gasteiger partial charge in [0.2, 0.25) is 10.0 Å². The first-order valence-corrected chi connectivity index (χ1v) is 12.5. The quantitative estimate of drug-likeness (QED) is 0.457. The maximum Gasteiger partial charge on any atom is 0.407 e. The predicted molar refractivity (Wildman–Crippen MR) is 123 cm³/mol. The number of nitriles is 1. The summed E-state index contributed by atoms with van der Waals surface area (Å²) in [6.07, 6.45) is -3.57. The molecule has 1 aromatic carbocycles. The molecule has 1 N–H and O–H groups in total. The number of sulfonamides is 1. The lowest BCUT2D eigenvalue weighted by Gasteiger charge is -2.28. The van der Waals surface area contributed by atoms with Gasteiger partial charge in [-0.1, -0.05) is 12.1 Å². The lowest BCUT2D eigenvalue weighted by molar-refractivity contribution is -0.180. The van der Waals surface area contributed by atoms with Crippen molar-refractivity contribution >= 4 is 20.9 Å². The van der Waals surface area contributed by atoms with E-state index in [1.54, 1.807) is 4.72 Å². The van der Waals surface area contributed by atoms with Gasteiger partial charge in [-0.3, -0.25) is 4.98 Å². The van der Waals surface area contributed by atoms with Crippen molar-refractivity contribution in [1.82, 2.24) is 14.3 Å². The fourth-order valence-corrected chi connectivity index (χ4v) is 5.78. The molecule has 2 aromatic heterocycles. The minimum atomic E-state index is -4.80. The van der Waals surface area contributed by atoms with Crippen molar-refractivity contribution in [3.63, 3.8) is 0 Å². The highest BCUT2D eigenvalue weighted by Crippen LogP contribution is 2.42. The summed E-state index contributed by atoms with van der Waals surface area (Å²) in [6.45, 7) is 3.36. The van der Waals surface area contributed by atoms with E-state index in [9.17, 15) is 31.2 Å². The molecular formula is C24H24F4N4O2S. The SMILES string of the molecule is Cc1ccc2c(C#N)c(-c3ccc(S(=O)(=O)NC(C)(C)C(F)(F)F)cn3)n(C3CCC(F)C3)c2c1. The van der Waals surface area contributed by atoms with Gasteiger partial charge in [-0.05, 0) is 63.8 Å². The van der Waals surface area contributed by atoms with Gasteiger partial charge in [0.15, 0.2) is 0 Å². The number of rotatable bonds is 5. The second kappa shape index (κ2) is 8.60. The third-order valence-electron chi connectivity index (χ3n) is 6.37. The van der Waals surface area contributed by atoms with Gasteiger partial charge in [-0.15, -0.1) is 0 Å². The molecule has 2 unspecified atom stereocenters. The molecule has 2 atom stereocenters. The van der Waals surface area contributed by atoms with Crippen LogP contribution in [-0.4, -0.2) is 35.9 Å². The number of nitrogens with zero attached hydrogens (tertiary/aromatic N) is 3. The summed E-state index contributed by atoms with van der Waals surface area (Å²) in [5, 5.41) is 10.6. The molecule has 1 saturated carbocycles. The number of hydrogen-bond acceptors (Lipinski definition) is 4. The van der Waals surface area contributed by atoms with Gasteiger partial charge in [0.25, 0.3) is 0 Å². The van der Waals surface area contributed by atoms with Crippen LogP contribution in [0.3, 0.4) is 0 Å². The largest absolute Gasteiger partial charge is 0.407 e. The monoisotopic (exact) mass is 508 g/mol. The third kappa shape index (κ3) is 4.52. The minimum absolute atomic E-state index is 0.217. The first-order chi connectivity index (χ1) is 16.2. The Hall–Kier alpha value is -2.97. The van der Waals surface area contributed by atoms with Gasteiger partial charge in [-0.25, -0.2) is 12.8 Å². The summed E-state index contributed by atoms with van der Waals surface area (Å²) in [7, 11) is -4.53. The number of alkyl halides is 4. The van der Waals surface area contributed by atoms with Crippen LogP contribution in [0, 0.1) is 18.3 Å². The number of aryl methyl sites for hydroxylation is 1. The van der Waals surface area contributed by atoms with Crippen LogP contribution in [0.25, 0.3) is 22.3 Å². The van der Waals surface area contributed by atoms with Crippen molar-refractivity contribution in [1.29, 1.82) is 5.26 Å². The van der Waals surface area contributed by atoms with E-state index in [2.05, 4.69) is 11.1 Å². The van der Waals surface area contributed by atoms with Crippen LogP contribution in [0.5, 0.6) is 0 Å². The van der Waals surface area contributed by atoms with E-state index in [0.717, 1.165) is 37.2 Å². The molecule has 35 heavy (non-hydrogen) atoms. The highest BCUT2D eigenvalue weighted by atomic mass is 32.2. The van der Waals surface area contributed by atoms with Gasteiger partial charge in [0.1, 0.15) is 22.7 Å². The van der Waals surface area contributed by atoms with Crippen LogP contribution in [0.4, 0.5) is 17.6 Å². The maximum atomic E-state index is 14.1. The zero-order valence-electron chi connectivity index (χ0n) is 19.3. The summed E-state index contributed by atoms with van der Waals surface area (Å²) >= 11 is 0. The first kappa shape index (κ1) is 25.1. The standard InChI is InChI=1S/C24H24F4N4O2S/c1-14-4-8-18-19(12-29)22(32(21(18)10-14)16-6-5-15(25)11-16)20-9-7-17(13-30-20)35(33,34)31-23(2,3)24(26,27)28/h4,7-10,13,15-16,31H,5-6,11H2,1-3H3. The van der Waals surface area contributed by atoms with Crippen molar-refractivity contribution in [3.05, 3.63) is 47.7 Å². The Morgan fingerprint density at radius 1 is 1.17 bits per heavy atom. The van der Waals surface area contributed by atoms with E-state index in [4.69, 9.17) is 0 Å². The Kier molecular flexibility index (Phi) is 6.18. The Morgan fingerprint density at radius 2 is 1.89 bits per heavy atom. The summed E-state index contributed by atoms with van der Waals surface area (Å²) in [4.78, 5) is 3.77. The molecule has 0 spiro atoms. The minimum Gasteiger partial charge on any atom is -0.335 e. The Balaban J connectivity index is 1.83. The molecule has 1 aliphatic rings. The van der Waals surface area contributed by atoms with E-state index >= 15 is 0 Å². The van der Waals surface area contributed by atoms with Crippen LogP contribution in [0.2, 0.25) is 0 Å². The maximum absolute atomic E-state index is 14.1. The summed E-state index contributed by atoms with van der Waals surface area (Å²) in [6, 6.07) is 10.1. The molecule has 4 rings (SSSR count). The molecule has 0 saturated heterocycles. The van der Waals surface area contributed by atoms with E-state index < -0.39 is 32.8 Å². The predicted octanol–water partition coefficient (Wildman–Crippen LogP) is 5.57. The zero-order valence-corrected chi connectivity index (χ0v) is 20.1. The Bertz CT molecular complexity index is 1420. The number of fused-ring (bicyclic) bond motifs is 1. The number of halogens is 4. The fraction of sp³-hybridized carbons (Fsp3) is 0.417. The van der Waals surface area contributed by atoms with E-state index in [1.807, 2.05) is 29.7 Å². The van der Waals surface area contributed by atoms with Crippen molar-refractivity contribution in [2.24, 2.45) is 0 Å². The number of aromatic nitrogens is 2. The molecule has 2 heterocycles. The lowest BCUT2D eigenvalue weighted by Crippen LogP contribution is -2.54. The molecule has 3 aromatic rings. The summed E-state index contributed by atoms with van der Waals surface area (Å²) in [5.74, 6) is 0. The molecule has 0 aliphatic heterocycles. The van der Waals surface area contributed by atoms with Crippen LogP contribution in [0.1, 0.15) is 50.3 Å². The summed E-state index contributed by atoms with van der Waals surface area (Å²) in [5.41, 5.74) is 0.0412. The second-order valence-electron chi connectivity index (χ2n) is 9.40. The molecule has 186 valence electrons. The average molecular weight is 509 g/mol. The van der Waals surface area contributed by atoms with Crippen LogP contribution < -0.4 is 4.72 Å². The van der Waals surface area contributed by atoms with Crippen LogP contribution in [-0.2, 0) is 10.0 Å². The van der Waals surface area contributed by atoms with Crippen molar-refractivity contribution < 1.29 is 26.0 Å². The molecule has 0 bridgehead atoms. The molecule has 6 nitrogen and oxygen atoms in total. The smallest absolute Gasteiger partial charge is 0.335 e. The van der Waals surface area contributed by atoms with Crippen molar-refractivity contribution in [2.45, 2.75) is 68.9 Å². The summed E-state index contributed by atoms with van der Waals surface area (Å²) < 4.78 is 82.5. The fourth-order valence-electron chi connectivity index (χ4n) is 4.44. The molecule has 1 fully saturated rings. The van der Waals surface area contributed by atoms with Crippen molar-refractivity contribution in [3.8, 4) is 17.5 Å². The third-order valence-corrected chi connectivity index (χ3v) is 8.01. The van der Waals surface area contributed by atoms with Gasteiger partial charge in [0.05, 0.1) is 22.5 Å². The zero-order chi connectivity index (χ0) is 25.8.